The van der Waals surface area contributed by atoms with Crippen molar-refractivity contribution in [1.82, 2.24) is 0 Å². The molecule has 0 amide bonds. The van der Waals surface area contributed by atoms with Crippen LogP contribution in [-0.4, -0.2) is 18.3 Å². The van der Waals surface area contributed by atoms with Crippen molar-refractivity contribution in [1.29, 1.82) is 0 Å². The molecule has 1 aliphatic heterocycles. The van der Waals surface area contributed by atoms with Gasteiger partial charge in [-0.2, -0.15) is 0 Å². The van der Waals surface area contributed by atoms with Crippen molar-refractivity contribution in [2.75, 3.05) is 0 Å². The largest absolute Gasteiger partial charge is 0.494 e. The van der Waals surface area contributed by atoms with Crippen LogP contribution in [0, 0.1) is 0 Å². The molecule has 0 aromatic heterocycles. The molecule has 3 aromatic rings. The Labute approximate surface area is 179 Å². The first-order valence-electron chi connectivity index (χ1n) is 10.7. The second kappa shape index (κ2) is 6.97. The third-order valence-electron chi connectivity index (χ3n) is 6.78. The van der Waals surface area contributed by atoms with Gasteiger partial charge in [0.1, 0.15) is 0 Å². The molecule has 0 bridgehead atoms. The van der Waals surface area contributed by atoms with Crippen LogP contribution in [0.3, 0.4) is 0 Å². The molecule has 2 nitrogen and oxygen atoms in total. The van der Waals surface area contributed by atoms with Crippen LogP contribution in [0.25, 0.3) is 11.1 Å². The van der Waals surface area contributed by atoms with Gasteiger partial charge in [0.25, 0.3) is 0 Å². The average Bonchev–Trinajstić information content (AvgIpc) is 3.22. The summed E-state index contributed by atoms with van der Waals surface area (Å²) in [5.74, 6) is 0. The first kappa shape index (κ1) is 19.4. The predicted molar refractivity (Wildman–Crippen MR) is 125 cm³/mol. The summed E-state index contributed by atoms with van der Waals surface area (Å²) in [6.45, 7) is 8.40. The van der Waals surface area contributed by atoms with E-state index in [-0.39, 0.29) is 18.3 Å². The summed E-state index contributed by atoms with van der Waals surface area (Å²) in [6, 6.07) is 28.1. The topological polar surface area (TPSA) is 18.5 Å². The van der Waals surface area contributed by atoms with E-state index in [1.54, 1.807) is 0 Å². The first-order chi connectivity index (χ1) is 14.4. The Hall–Kier alpha value is -2.62. The van der Waals surface area contributed by atoms with Gasteiger partial charge in [0.2, 0.25) is 0 Å². The smallest absolute Gasteiger partial charge is 0.399 e. The minimum Gasteiger partial charge on any atom is -0.399 e. The molecule has 0 N–H and O–H groups in total. The maximum Gasteiger partial charge on any atom is 0.494 e. The quantitative estimate of drug-likeness (QED) is 0.546. The fraction of sp³-hybridized carbons (Fsp3) is 0.259. The summed E-state index contributed by atoms with van der Waals surface area (Å²) in [6.07, 6.45) is 0.938. The summed E-state index contributed by atoms with van der Waals surface area (Å²) in [4.78, 5) is 0. The van der Waals surface area contributed by atoms with Crippen molar-refractivity contribution in [3.05, 3.63) is 101 Å². The molecule has 1 heterocycles. The SMILES string of the molecule is CC1(C)OB(c2ccc3c(c2)C(c2ccccc2)=C(c2ccccc2)C3)OC1(C)C. The maximum absolute atomic E-state index is 6.32. The van der Waals surface area contributed by atoms with Crippen LogP contribution in [0.15, 0.2) is 78.9 Å². The van der Waals surface area contributed by atoms with Gasteiger partial charge in [-0.05, 0) is 73.0 Å². The number of allylic oxidation sites excluding steroid dienone is 1. The van der Waals surface area contributed by atoms with E-state index in [0.29, 0.717) is 0 Å². The molecule has 1 aliphatic carbocycles. The summed E-state index contributed by atoms with van der Waals surface area (Å²) < 4.78 is 12.6. The highest BCUT2D eigenvalue weighted by Gasteiger charge is 2.51. The zero-order chi connectivity index (χ0) is 20.9. The second-order valence-corrected chi connectivity index (χ2v) is 9.27. The lowest BCUT2D eigenvalue weighted by atomic mass is 9.77. The van der Waals surface area contributed by atoms with Crippen molar-refractivity contribution >= 4 is 23.7 Å². The number of hydrogen-bond acceptors (Lipinski definition) is 2. The Balaban J connectivity index is 1.63. The summed E-state index contributed by atoms with van der Waals surface area (Å²) in [5, 5.41) is 0. The molecule has 0 unspecified atom stereocenters. The van der Waals surface area contributed by atoms with Gasteiger partial charge in [-0.3, -0.25) is 0 Å². The summed E-state index contributed by atoms with van der Waals surface area (Å²) >= 11 is 0. The van der Waals surface area contributed by atoms with Crippen molar-refractivity contribution in [2.45, 2.75) is 45.3 Å². The summed E-state index contributed by atoms with van der Waals surface area (Å²) in [5.41, 5.74) is 8.26. The van der Waals surface area contributed by atoms with Gasteiger partial charge < -0.3 is 9.31 Å². The number of rotatable bonds is 3. The van der Waals surface area contributed by atoms with Gasteiger partial charge in [-0.15, -0.1) is 0 Å². The van der Waals surface area contributed by atoms with Crippen molar-refractivity contribution < 1.29 is 9.31 Å². The van der Waals surface area contributed by atoms with Gasteiger partial charge in [-0.1, -0.05) is 78.9 Å². The fourth-order valence-corrected chi connectivity index (χ4v) is 4.37. The summed E-state index contributed by atoms with van der Waals surface area (Å²) in [7, 11) is -0.349. The van der Waals surface area contributed by atoms with E-state index in [9.17, 15) is 0 Å². The van der Waals surface area contributed by atoms with E-state index >= 15 is 0 Å². The van der Waals surface area contributed by atoms with E-state index in [4.69, 9.17) is 9.31 Å². The predicted octanol–water partition coefficient (Wildman–Crippen LogP) is 5.50. The Bertz CT molecular complexity index is 1100. The van der Waals surface area contributed by atoms with Gasteiger partial charge in [-0.25, -0.2) is 0 Å². The maximum atomic E-state index is 6.32. The zero-order valence-electron chi connectivity index (χ0n) is 18.1. The molecule has 0 atom stereocenters. The number of benzene rings is 3. The van der Waals surface area contributed by atoms with Crippen LogP contribution in [-0.2, 0) is 15.7 Å². The lowest BCUT2D eigenvalue weighted by molar-refractivity contribution is 0.00578. The molecule has 3 heteroatoms. The molecule has 150 valence electrons. The van der Waals surface area contributed by atoms with E-state index < -0.39 is 0 Å². The highest BCUT2D eigenvalue weighted by atomic mass is 16.7. The van der Waals surface area contributed by atoms with Crippen LogP contribution in [0.1, 0.15) is 49.9 Å². The van der Waals surface area contributed by atoms with E-state index in [1.165, 1.54) is 33.4 Å². The molecule has 0 saturated carbocycles. The molecule has 30 heavy (non-hydrogen) atoms. The monoisotopic (exact) mass is 394 g/mol. The average molecular weight is 394 g/mol. The molecule has 0 spiro atoms. The van der Waals surface area contributed by atoms with E-state index in [0.717, 1.165) is 11.9 Å². The minimum atomic E-state index is -0.349. The third kappa shape index (κ3) is 3.14. The minimum absolute atomic E-state index is 0.343. The van der Waals surface area contributed by atoms with Crippen LogP contribution in [0.5, 0.6) is 0 Å². The van der Waals surface area contributed by atoms with Gasteiger partial charge >= 0.3 is 7.12 Å². The zero-order valence-corrected chi connectivity index (χ0v) is 18.1. The molecular formula is C27H27BO2. The van der Waals surface area contributed by atoms with Gasteiger partial charge in [0, 0.05) is 0 Å². The van der Waals surface area contributed by atoms with Crippen LogP contribution < -0.4 is 5.46 Å². The normalized spacial score (nSPS) is 19.3. The molecule has 0 radical (unpaired) electrons. The standard InChI is InChI=1S/C27H27BO2/c1-26(2)27(3,4)30-28(29-26)22-16-15-21-17-23(19-11-7-5-8-12-19)25(24(21)18-22)20-13-9-6-10-14-20/h5-16,18H,17H2,1-4H3. The molecular weight excluding hydrogens is 367 g/mol. The van der Waals surface area contributed by atoms with Gasteiger partial charge in [0.15, 0.2) is 0 Å². The molecule has 2 aliphatic rings. The molecule has 5 rings (SSSR count). The second-order valence-electron chi connectivity index (χ2n) is 9.27. The van der Waals surface area contributed by atoms with Gasteiger partial charge in [0.05, 0.1) is 11.2 Å². The van der Waals surface area contributed by atoms with Crippen molar-refractivity contribution in [2.24, 2.45) is 0 Å². The number of fused-ring (bicyclic) bond motifs is 1. The Morgan fingerprint density at radius 2 is 1.27 bits per heavy atom. The van der Waals surface area contributed by atoms with Crippen LogP contribution in [0.2, 0.25) is 0 Å². The van der Waals surface area contributed by atoms with E-state index in [2.05, 4.69) is 107 Å². The lowest BCUT2D eigenvalue weighted by Crippen LogP contribution is -2.41. The fourth-order valence-electron chi connectivity index (χ4n) is 4.37. The molecule has 3 aromatic carbocycles. The molecule has 1 saturated heterocycles. The van der Waals surface area contributed by atoms with Crippen LogP contribution in [0.4, 0.5) is 0 Å². The first-order valence-corrected chi connectivity index (χ1v) is 10.7. The molecule has 1 fully saturated rings. The Kier molecular flexibility index (Phi) is 4.50. The van der Waals surface area contributed by atoms with E-state index in [1.807, 2.05) is 0 Å². The Morgan fingerprint density at radius 1 is 0.700 bits per heavy atom. The van der Waals surface area contributed by atoms with Crippen molar-refractivity contribution in [3.63, 3.8) is 0 Å². The lowest BCUT2D eigenvalue weighted by Gasteiger charge is -2.32. The highest BCUT2D eigenvalue weighted by molar-refractivity contribution is 6.62. The highest BCUT2D eigenvalue weighted by Crippen LogP contribution is 2.42. The third-order valence-corrected chi connectivity index (χ3v) is 6.78. The number of hydrogen-bond donors (Lipinski definition) is 0. The Morgan fingerprint density at radius 3 is 1.87 bits per heavy atom. The van der Waals surface area contributed by atoms with Crippen LogP contribution >= 0.6 is 0 Å². The van der Waals surface area contributed by atoms with Crippen molar-refractivity contribution in [3.8, 4) is 0 Å².